The molecule has 0 fully saturated rings. The molecule has 0 N–H and O–H groups in total. The van der Waals surface area contributed by atoms with E-state index >= 15 is 0 Å². The van der Waals surface area contributed by atoms with Crippen LogP contribution < -0.4 is 0 Å². The molecule has 0 aromatic heterocycles. The molecule has 0 aliphatic carbocycles. The summed E-state index contributed by atoms with van der Waals surface area (Å²) in [5.41, 5.74) is 0. The predicted octanol–water partition coefficient (Wildman–Crippen LogP) is 17.2. The van der Waals surface area contributed by atoms with Crippen LogP contribution in [0, 0.1) is 0 Å². The summed E-state index contributed by atoms with van der Waals surface area (Å²) in [7, 11) is 0. The van der Waals surface area contributed by atoms with E-state index in [9.17, 15) is 14.4 Å². The van der Waals surface area contributed by atoms with Crippen molar-refractivity contribution in [2.45, 2.75) is 245 Å². The van der Waals surface area contributed by atoms with Crippen molar-refractivity contribution in [3.63, 3.8) is 0 Å². The molecule has 0 aromatic carbocycles. The average molecular weight is 877 g/mol. The van der Waals surface area contributed by atoms with E-state index < -0.39 is 6.10 Å². The highest BCUT2D eigenvalue weighted by Crippen LogP contribution is 2.14. The van der Waals surface area contributed by atoms with Gasteiger partial charge in [0.05, 0.1) is 0 Å². The lowest BCUT2D eigenvalue weighted by Gasteiger charge is -2.18. The minimum Gasteiger partial charge on any atom is -0.462 e. The van der Waals surface area contributed by atoms with E-state index in [2.05, 4.69) is 106 Å². The number of unbranched alkanes of at least 4 members (excludes halogenated alkanes) is 22. The van der Waals surface area contributed by atoms with Crippen molar-refractivity contribution in [2.24, 2.45) is 0 Å². The smallest absolute Gasteiger partial charge is 0.306 e. The number of carbonyl (C=O) groups is 3. The Hall–Kier alpha value is -3.41. The molecule has 0 aliphatic heterocycles. The van der Waals surface area contributed by atoms with Crippen LogP contribution in [-0.4, -0.2) is 37.2 Å². The summed E-state index contributed by atoms with van der Waals surface area (Å²) in [6.07, 6.45) is 65.8. The van der Waals surface area contributed by atoms with Gasteiger partial charge in [-0.3, -0.25) is 14.4 Å². The van der Waals surface area contributed by atoms with E-state index in [-0.39, 0.29) is 37.5 Å². The lowest BCUT2D eigenvalue weighted by atomic mass is 10.1. The van der Waals surface area contributed by atoms with Gasteiger partial charge in [0.15, 0.2) is 6.10 Å². The molecule has 0 saturated carbocycles. The second kappa shape index (κ2) is 51.2. The highest BCUT2D eigenvalue weighted by molar-refractivity contribution is 5.71. The lowest BCUT2D eigenvalue weighted by molar-refractivity contribution is -0.167. The Labute approximate surface area is 388 Å². The molecule has 0 aliphatic rings. The second-order valence-electron chi connectivity index (χ2n) is 17.1. The molecule has 1 atom stereocenters. The maximum Gasteiger partial charge on any atom is 0.306 e. The van der Waals surface area contributed by atoms with Crippen LogP contribution in [0.5, 0.6) is 0 Å². The maximum atomic E-state index is 12.8. The first-order chi connectivity index (χ1) is 31.0. The van der Waals surface area contributed by atoms with Crippen LogP contribution in [0.1, 0.15) is 239 Å². The SMILES string of the molecule is CC/C=C\C/C=C\C/C=C\C/C=C\C/C=C\CCCC(=O)OC(COC(=O)CCCCCCCCCCC)COC(=O)CCCCCCCCCCCC/C=C\C=C/CCCCC. The molecule has 0 radical (unpaired) electrons. The zero-order valence-corrected chi connectivity index (χ0v) is 41.1. The van der Waals surface area contributed by atoms with Gasteiger partial charge in [-0.2, -0.15) is 0 Å². The summed E-state index contributed by atoms with van der Waals surface area (Å²) in [6.45, 7) is 6.42. The van der Waals surface area contributed by atoms with Gasteiger partial charge in [-0.1, -0.05) is 221 Å². The van der Waals surface area contributed by atoms with Crippen LogP contribution in [0.4, 0.5) is 0 Å². The molecule has 0 aromatic rings. The Bertz CT molecular complexity index is 1240. The normalized spacial score (nSPS) is 12.7. The Morgan fingerprint density at radius 2 is 0.683 bits per heavy atom. The summed E-state index contributed by atoms with van der Waals surface area (Å²) in [5.74, 6) is -0.964. The lowest BCUT2D eigenvalue weighted by Crippen LogP contribution is -2.30. The van der Waals surface area contributed by atoms with E-state index in [1.54, 1.807) is 0 Å². The van der Waals surface area contributed by atoms with E-state index in [4.69, 9.17) is 14.2 Å². The first kappa shape index (κ1) is 59.6. The molecule has 0 rings (SSSR count). The van der Waals surface area contributed by atoms with Crippen molar-refractivity contribution in [1.82, 2.24) is 0 Å². The van der Waals surface area contributed by atoms with Crippen molar-refractivity contribution < 1.29 is 28.6 Å². The first-order valence-electron chi connectivity index (χ1n) is 26.1. The molecule has 63 heavy (non-hydrogen) atoms. The number of hydrogen-bond donors (Lipinski definition) is 0. The summed E-state index contributed by atoms with van der Waals surface area (Å²) in [4.78, 5) is 37.9. The van der Waals surface area contributed by atoms with Gasteiger partial charge in [-0.15, -0.1) is 0 Å². The van der Waals surface area contributed by atoms with Crippen LogP contribution in [0.3, 0.4) is 0 Å². The summed E-state index contributed by atoms with van der Waals surface area (Å²) >= 11 is 0. The molecule has 360 valence electrons. The third kappa shape index (κ3) is 49.5. The van der Waals surface area contributed by atoms with Crippen LogP contribution in [0.2, 0.25) is 0 Å². The minimum absolute atomic E-state index is 0.0993. The van der Waals surface area contributed by atoms with Gasteiger partial charge in [0.25, 0.3) is 0 Å². The summed E-state index contributed by atoms with van der Waals surface area (Å²) < 4.78 is 16.7. The van der Waals surface area contributed by atoms with Gasteiger partial charge in [0.2, 0.25) is 0 Å². The largest absolute Gasteiger partial charge is 0.462 e. The van der Waals surface area contributed by atoms with E-state index in [1.807, 2.05) is 0 Å². The molecule has 0 saturated heterocycles. The van der Waals surface area contributed by atoms with E-state index in [1.165, 1.54) is 116 Å². The Morgan fingerprint density at radius 1 is 0.349 bits per heavy atom. The van der Waals surface area contributed by atoms with Gasteiger partial charge < -0.3 is 14.2 Å². The van der Waals surface area contributed by atoms with Crippen LogP contribution in [0.25, 0.3) is 0 Å². The van der Waals surface area contributed by atoms with E-state index in [0.717, 1.165) is 77.0 Å². The van der Waals surface area contributed by atoms with Crippen LogP contribution in [0.15, 0.2) is 85.1 Å². The summed E-state index contributed by atoms with van der Waals surface area (Å²) in [6, 6.07) is 0. The molecule has 6 heteroatoms. The zero-order chi connectivity index (χ0) is 45.8. The highest BCUT2D eigenvalue weighted by Gasteiger charge is 2.19. The van der Waals surface area contributed by atoms with Crippen molar-refractivity contribution in [2.75, 3.05) is 13.2 Å². The number of rotatable bonds is 46. The quantitative estimate of drug-likeness (QED) is 0.0199. The zero-order valence-electron chi connectivity index (χ0n) is 41.1. The van der Waals surface area contributed by atoms with Gasteiger partial charge in [0.1, 0.15) is 13.2 Å². The topological polar surface area (TPSA) is 78.9 Å². The fraction of sp³-hybridized carbons (Fsp3) is 0.702. The Balaban J connectivity index is 4.40. The average Bonchev–Trinajstić information content (AvgIpc) is 3.28. The molecule has 0 bridgehead atoms. The molecule has 6 nitrogen and oxygen atoms in total. The third-order valence-electron chi connectivity index (χ3n) is 10.9. The number of allylic oxidation sites excluding steroid dienone is 14. The van der Waals surface area contributed by atoms with Gasteiger partial charge in [-0.25, -0.2) is 0 Å². The first-order valence-corrected chi connectivity index (χ1v) is 26.1. The van der Waals surface area contributed by atoms with E-state index in [0.29, 0.717) is 19.3 Å². The highest BCUT2D eigenvalue weighted by atomic mass is 16.6. The van der Waals surface area contributed by atoms with Gasteiger partial charge in [-0.05, 0) is 83.5 Å². The summed E-state index contributed by atoms with van der Waals surface area (Å²) in [5, 5.41) is 0. The second-order valence-corrected chi connectivity index (χ2v) is 17.1. The van der Waals surface area contributed by atoms with Crippen molar-refractivity contribution in [3.8, 4) is 0 Å². The van der Waals surface area contributed by atoms with Crippen molar-refractivity contribution in [1.29, 1.82) is 0 Å². The van der Waals surface area contributed by atoms with Crippen LogP contribution >= 0.6 is 0 Å². The molecule has 0 heterocycles. The Morgan fingerprint density at radius 3 is 1.13 bits per heavy atom. The number of esters is 3. The molecule has 0 amide bonds. The number of hydrogen-bond acceptors (Lipinski definition) is 6. The van der Waals surface area contributed by atoms with Crippen molar-refractivity contribution >= 4 is 17.9 Å². The van der Waals surface area contributed by atoms with Gasteiger partial charge >= 0.3 is 17.9 Å². The van der Waals surface area contributed by atoms with Crippen LogP contribution in [-0.2, 0) is 28.6 Å². The standard InChI is InChI=1S/C57H96O6/c1-4-7-10-13-16-19-21-23-25-27-28-30-31-33-35-38-41-44-47-50-56(59)62-53-54(52-61-55(58)49-46-43-40-37-18-15-12-9-6-3)63-57(60)51-48-45-42-39-36-34-32-29-26-24-22-20-17-14-11-8-5-2/h8,11,16-17,19-21,23-24,26,32,34,39,42,54H,4-7,9-10,12-15,18,22,25,27-31,33,35-38,40-41,43-53H2,1-3H3/b11-8-,19-16-,20-17-,23-21-,26-24-,34-32-,42-39-. The molecular weight excluding hydrogens is 781 g/mol. The fourth-order valence-electron chi connectivity index (χ4n) is 7.00. The number of ether oxygens (including phenoxy) is 3. The molecule has 0 spiro atoms. The fourth-order valence-corrected chi connectivity index (χ4v) is 7.00. The third-order valence-corrected chi connectivity index (χ3v) is 10.9. The van der Waals surface area contributed by atoms with Gasteiger partial charge in [0, 0.05) is 19.3 Å². The molecule has 1 unspecified atom stereocenters. The Kier molecular flexibility index (Phi) is 48.5. The molecular formula is C57H96O6. The maximum absolute atomic E-state index is 12.8. The predicted molar refractivity (Wildman–Crippen MR) is 270 cm³/mol. The number of carbonyl (C=O) groups excluding carboxylic acids is 3. The monoisotopic (exact) mass is 877 g/mol. The van der Waals surface area contributed by atoms with Crippen molar-refractivity contribution in [3.05, 3.63) is 85.1 Å². The minimum atomic E-state index is -0.805.